The molecule has 6 nitrogen and oxygen atoms in total. The smallest absolute Gasteiger partial charge is 0.255 e. The van der Waals surface area contributed by atoms with E-state index in [2.05, 4.69) is 5.32 Å². The minimum Gasteiger partial charge on any atom is -0.398 e. The van der Waals surface area contributed by atoms with Gasteiger partial charge in [0.25, 0.3) is 5.91 Å². The van der Waals surface area contributed by atoms with Gasteiger partial charge in [-0.3, -0.25) is 4.79 Å². The van der Waals surface area contributed by atoms with E-state index >= 15 is 0 Å². The van der Waals surface area contributed by atoms with Crippen molar-refractivity contribution in [2.24, 2.45) is 0 Å². The molecule has 0 radical (unpaired) electrons. The molecule has 8 heteroatoms. The summed E-state index contributed by atoms with van der Waals surface area (Å²) in [5, 5.41) is 3.35. The molecule has 0 aromatic heterocycles. The number of nitrogens with two attached hydrogens (primary N) is 1. The fourth-order valence-electron chi connectivity index (χ4n) is 2.95. The SMILES string of the molecule is Cc1ccc(S(=O)(=O)N(C)C)cc1-c1ccc(NC(=O)c2ccc(Cl)cc2)cc1N. The largest absolute Gasteiger partial charge is 0.398 e. The standard InChI is InChI=1S/C22H22ClN3O3S/c1-14-4-10-18(30(28,29)26(2)3)13-20(14)19-11-9-17(12-21(19)24)25-22(27)15-5-7-16(23)8-6-15/h4-13H,24H2,1-3H3,(H,25,27). The third-order valence-corrected chi connectivity index (χ3v) is 6.76. The van der Waals surface area contributed by atoms with Crippen molar-refractivity contribution < 1.29 is 13.2 Å². The first kappa shape index (κ1) is 21.8. The normalized spacial score (nSPS) is 11.5. The van der Waals surface area contributed by atoms with Crippen LogP contribution in [0.1, 0.15) is 15.9 Å². The van der Waals surface area contributed by atoms with E-state index in [1.165, 1.54) is 18.4 Å². The predicted molar refractivity (Wildman–Crippen MR) is 121 cm³/mol. The van der Waals surface area contributed by atoms with E-state index in [1.54, 1.807) is 60.7 Å². The van der Waals surface area contributed by atoms with Crippen LogP contribution in [0.4, 0.5) is 11.4 Å². The van der Waals surface area contributed by atoms with Crippen molar-refractivity contribution >= 4 is 38.9 Å². The van der Waals surface area contributed by atoms with Gasteiger partial charge >= 0.3 is 0 Å². The van der Waals surface area contributed by atoms with Gasteiger partial charge < -0.3 is 11.1 Å². The van der Waals surface area contributed by atoms with Gasteiger partial charge in [0.15, 0.2) is 0 Å². The average molecular weight is 444 g/mol. The number of halogens is 1. The molecule has 3 rings (SSSR count). The third-order valence-electron chi connectivity index (χ3n) is 4.69. The Kier molecular flexibility index (Phi) is 6.17. The van der Waals surface area contributed by atoms with Gasteiger partial charge in [-0.25, -0.2) is 12.7 Å². The van der Waals surface area contributed by atoms with Gasteiger partial charge in [-0.2, -0.15) is 0 Å². The van der Waals surface area contributed by atoms with Gasteiger partial charge in [-0.1, -0.05) is 23.7 Å². The summed E-state index contributed by atoms with van der Waals surface area (Å²) in [5.41, 5.74) is 9.96. The maximum atomic E-state index is 12.5. The van der Waals surface area contributed by atoms with Crippen LogP contribution in [0.5, 0.6) is 0 Å². The van der Waals surface area contributed by atoms with E-state index in [0.29, 0.717) is 33.1 Å². The number of hydrogen-bond donors (Lipinski definition) is 2. The Bertz CT molecular complexity index is 1210. The van der Waals surface area contributed by atoms with E-state index < -0.39 is 10.0 Å². The number of amides is 1. The summed E-state index contributed by atoms with van der Waals surface area (Å²) in [6, 6.07) is 16.6. The molecule has 0 spiro atoms. The molecule has 0 saturated heterocycles. The van der Waals surface area contributed by atoms with Gasteiger partial charge in [0.1, 0.15) is 0 Å². The predicted octanol–water partition coefficient (Wildman–Crippen LogP) is 4.40. The van der Waals surface area contributed by atoms with Crippen molar-refractivity contribution in [3.8, 4) is 11.1 Å². The number of aryl methyl sites for hydroxylation is 1. The summed E-state index contributed by atoms with van der Waals surface area (Å²) in [5.74, 6) is -0.283. The molecule has 0 bridgehead atoms. The highest BCUT2D eigenvalue weighted by Gasteiger charge is 2.19. The Morgan fingerprint density at radius 3 is 2.23 bits per heavy atom. The fraction of sp³-hybridized carbons (Fsp3) is 0.136. The van der Waals surface area contributed by atoms with Crippen LogP contribution < -0.4 is 11.1 Å². The molecule has 30 heavy (non-hydrogen) atoms. The number of nitrogen functional groups attached to an aromatic ring is 1. The van der Waals surface area contributed by atoms with Crippen molar-refractivity contribution in [2.75, 3.05) is 25.1 Å². The lowest BCUT2D eigenvalue weighted by Crippen LogP contribution is -2.22. The van der Waals surface area contributed by atoms with Gasteiger partial charge in [-0.15, -0.1) is 0 Å². The quantitative estimate of drug-likeness (QED) is 0.571. The van der Waals surface area contributed by atoms with Crippen LogP contribution in [0.25, 0.3) is 11.1 Å². The second-order valence-corrected chi connectivity index (χ2v) is 9.62. The Balaban J connectivity index is 1.92. The number of anilines is 2. The molecule has 0 fully saturated rings. The first-order valence-electron chi connectivity index (χ1n) is 9.09. The monoisotopic (exact) mass is 443 g/mol. The van der Waals surface area contributed by atoms with Crippen molar-refractivity contribution in [1.29, 1.82) is 0 Å². The van der Waals surface area contributed by atoms with Crippen molar-refractivity contribution in [3.63, 3.8) is 0 Å². The highest BCUT2D eigenvalue weighted by Crippen LogP contribution is 2.33. The maximum Gasteiger partial charge on any atom is 0.255 e. The molecular formula is C22H22ClN3O3S. The average Bonchev–Trinajstić information content (AvgIpc) is 2.69. The van der Waals surface area contributed by atoms with Crippen LogP contribution in [0.15, 0.2) is 65.6 Å². The molecule has 0 saturated carbocycles. The summed E-state index contributed by atoms with van der Waals surface area (Å²) < 4.78 is 26.1. The molecule has 156 valence electrons. The number of hydrogen-bond acceptors (Lipinski definition) is 4. The van der Waals surface area contributed by atoms with Gasteiger partial charge in [0.2, 0.25) is 10.0 Å². The molecule has 0 heterocycles. The van der Waals surface area contributed by atoms with E-state index in [-0.39, 0.29) is 10.8 Å². The molecule has 3 N–H and O–H groups in total. The van der Waals surface area contributed by atoms with Crippen molar-refractivity contribution in [3.05, 3.63) is 76.8 Å². The number of nitrogens with zero attached hydrogens (tertiary/aromatic N) is 1. The summed E-state index contributed by atoms with van der Waals surface area (Å²) in [4.78, 5) is 12.6. The molecule has 3 aromatic rings. The first-order chi connectivity index (χ1) is 14.1. The Labute approximate surface area is 181 Å². The van der Waals surface area contributed by atoms with E-state index in [9.17, 15) is 13.2 Å². The number of carbonyl (C=O) groups excluding carboxylic acids is 1. The lowest BCUT2D eigenvalue weighted by Gasteiger charge is -2.15. The van der Waals surface area contributed by atoms with E-state index in [1.807, 2.05) is 6.92 Å². The molecule has 0 aliphatic heterocycles. The topological polar surface area (TPSA) is 92.5 Å². The number of benzene rings is 3. The molecule has 0 aliphatic rings. The second-order valence-electron chi connectivity index (χ2n) is 7.03. The Hall–Kier alpha value is -2.87. The van der Waals surface area contributed by atoms with Crippen molar-refractivity contribution in [1.82, 2.24) is 4.31 Å². The van der Waals surface area contributed by atoms with Gasteiger partial charge in [-0.05, 0) is 66.6 Å². The number of carbonyl (C=O) groups is 1. The zero-order valence-electron chi connectivity index (χ0n) is 16.8. The van der Waals surface area contributed by atoms with E-state index in [4.69, 9.17) is 17.3 Å². The Morgan fingerprint density at radius 1 is 0.967 bits per heavy atom. The lowest BCUT2D eigenvalue weighted by atomic mass is 9.99. The summed E-state index contributed by atoms with van der Waals surface area (Å²) in [7, 11) is -0.594. The van der Waals surface area contributed by atoms with E-state index in [0.717, 1.165) is 5.56 Å². The maximum absolute atomic E-state index is 12.5. The first-order valence-corrected chi connectivity index (χ1v) is 10.9. The number of rotatable bonds is 5. The minimum atomic E-state index is -3.57. The molecule has 1 amide bonds. The van der Waals surface area contributed by atoms with Crippen LogP contribution in [0.3, 0.4) is 0 Å². The zero-order chi connectivity index (χ0) is 22.1. The highest BCUT2D eigenvalue weighted by atomic mass is 35.5. The minimum absolute atomic E-state index is 0.188. The Morgan fingerprint density at radius 2 is 1.63 bits per heavy atom. The zero-order valence-corrected chi connectivity index (χ0v) is 18.4. The number of sulfonamides is 1. The summed E-state index contributed by atoms with van der Waals surface area (Å²) in [6.07, 6.45) is 0. The van der Waals surface area contributed by atoms with Crippen LogP contribution >= 0.6 is 11.6 Å². The van der Waals surface area contributed by atoms with Crippen LogP contribution in [-0.4, -0.2) is 32.7 Å². The molecule has 0 unspecified atom stereocenters. The molecule has 3 aromatic carbocycles. The van der Waals surface area contributed by atoms with Gasteiger partial charge in [0, 0.05) is 41.6 Å². The fourth-order valence-corrected chi connectivity index (χ4v) is 4.01. The number of nitrogens with one attached hydrogen (secondary N) is 1. The lowest BCUT2D eigenvalue weighted by molar-refractivity contribution is 0.102. The van der Waals surface area contributed by atoms with Crippen LogP contribution in [0.2, 0.25) is 5.02 Å². The molecule has 0 aliphatic carbocycles. The third kappa shape index (κ3) is 4.48. The van der Waals surface area contributed by atoms with Gasteiger partial charge in [0.05, 0.1) is 4.90 Å². The molecular weight excluding hydrogens is 422 g/mol. The van der Waals surface area contributed by atoms with Crippen LogP contribution in [-0.2, 0) is 10.0 Å². The summed E-state index contributed by atoms with van der Waals surface area (Å²) >= 11 is 5.85. The molecule has 0 atom stereocenters. The van der Waals surface area contributed by atoms with Crippen LogP contribution in [0, 0.1) is 6.92 Å². The highest BCUT2D eigenvalue weighted by molar-refractivity contribution is 7.89. The van der Waals surface area contributed by atoms with Crippen molar-refractivity contribution in [2.45, 2.75) is 11.8 Å². The summed E-state index contributed by atoms with van der Waals surface area (Å²) in [6.45, 7) is 1.89. The second kappa shape index (κ2) is 8.47.